The second-order valence-electron chi connectivity index (χ2n) is 7.31. The van der Waals surface area contributed by atoms with Crippen molar-refractivity contribution >= 4 is 11.6 Å². The van der Waals surface area contributed by atoms with E-state index in [1.54, 1.807) is 20.3 Å². The topological polar surface area (TPSA) is 67.4 Å². The second kappa shape index (κ2) is 10.7. The Balaban J connectivity index is 1.64. The molecule has 3 rings (SSSR count). The molecule has 1 unspecified atom stereocenters. The van der Waals surface area contributed by atoms with Crippen molar-refractivity contribution in [3.05, 3.63) is 47.8 Å². The highest BCUT2D eigenvalue weighted by molar-refractivity contribution is 5.80. The monoisotopic (exact) mass is 430 g/mol. The fourth-order valence-corrected chi connectivity index (χ4v) is 3.58. The van der Waals surface area contributed by atoms with Gasteiger partial charge in [-0.2, -0.15) is 0 Å². The number of methoxy groups -OCH3 is 3. The third-order valence-electron chi connectivity index (χ3n) is 5.21. The maximum Gasteiger partial charge on any atom is 0.191 e. The van der Waals surface area contributed by atoms with Gasteiger partial charge in [-0.05, 0) is 31.0 Å². The molecule has 168 valence electrons. The molecule has 2 aromatic carbocycles. The standard InChI is InChI=1S/C23H31FN4O3/c1-5-25-23(26-14-16-6-7-22(31-4)21(24)10-16)27-17-8-9-28(15-17)18-11-19(29-2)13-20(12-18)30-3/h6-7,10-13,17H,5,8-9,14-15H2,1-4H3,(H2,25,26,27). The van der Waals surface area contributed by atoms with E-state index in [9.17, 15) is 4.39 Å². The molecule has 1 fully saturated rings. The van der Waals surface area contributed by atoms with Gasteiger partial charge >= 0.3 is 0 Å². The Hall–Kier alpha value is -3.16. The molecule has 1 heterocycles. The third kappa shape index (κ3) is 5.93. The van der Waals surface area contributed by atoms with Crippen LogP contribution in [0.3, 0.4) is 0 Å². The molecule has 1 saturated heterocycles. The summed E-state index contributed by atoms with van der Waals surface area (Å²) < 4.78 is 29.7. The van der Waals surface area contributed by atoms with Gasteiger partial charge in [-0.15, -0.1) is 0 Å². The van der Waals surface area contributed by atoms with E-state index in [0.29, 0.717) is 12.5 Å². The van der Waals surface area contributed by atoms with Gasteiger partial charge in [-0.3, -0.25) is 0 Å². The van der Waals surface area contributed by atoms with E-state index in [-0.39, 0.29) is 17.6 Å². The van der Waals surface area contributed by atoms with Gasteiger partial charge in [0, 0.05) is 49.6 Å². The normalized spacial score (nSPS) is 16.2. The van der Waals surface area contributed by atoms with Gasteiger partial charge in [0.05, 0.1) is 27.9 Å². The molecule has 31 heavy (non-hydrogen) atoms. The van der Waals surface area contributed by atoms with E-state index >= 15 is 0 Å². The number of nitrogens with zero attached hydrogens (tertiary/aromatic N) is 2. The van der Waals surface area contributed by atoms with Crippen molar-refractivity contribution in [2.24, 2.45) is 4.99 Å². The molecule has 0 aliphatic carbocycles. The van der Waals surface area contributed by atoms with Gasteiger partial charge < -0.3 is 29.7 Å². The van der Waals surface area contributed by atoms with E-state index in [1.165, 1.54) is 13.2 Å². The second-order valence-corrected chi connectivity index (χ2v) is 7.31. The Morgan fingerprint density at radius 1 is 1.10 bits per heavy atom. The van der Waals surface area contributed by atoms with Crippen molar-refractivity contribution in [2.45, 2.75) is 25.9 Å². The first-order valence-electron chi connectivity index (χ1n) is 10.4. The van der Waals surface area contributed by atoms with E-state index in [2.05, 4.69) is 20.5 Å². The molecule has 1 aliphatic heterocycles. The predicted molar refractivity (Wildman–Crippen MR) is 121 cm³/mol. The highest BCUT2D eigenvalue weighted by Gasteiger charge is 2.24. The Morgan fingerprint density at radius 3 is 2.45 bits per heavy atom. The molecular weight excluding hydrogens is 399 g/mol. The zero-order valence-corrected chi connectivity index (χ0v) is 18.6. The van der Waals surface area contributed by atoms with Crippen LogP contribution >= 0.6 is 0 Å². The average molecular weight is 431 g/mol. The average Bonchev–Trinajstić information content (AvgIpc) is 3.26. The van der Waals surface area contributed by atoms with Crippen LogP contribution in [0, 0.1) is 5.82 Å². The van der Waals surface area contributed by atoms with Crippen LogP contribution in [0.5, 0.6) is 17.2 Å². The number of rotatable bonds is 8. The van der Waals surface area contributed by atoms with Crippen LogP contribution < -0.4 is 29.7 Å². The molecular formula is C23H31FN4O3. The largest absolute Gasteiger partial charge is 0.497 e. The molecule has 0 bridgehead atoms. The minimum atomic E-state index is -0.381. The van der Waals surface area contributed by atoms with Crippen molar-refractivity contribution in [1.82, 2.24) is 10.6 Å². The molecule has 1 aliphatic rings. The van der Waals surface area contributed by atoms with Gasteiger partial charge in [0.2, 0.25) is 0 Å². The summed E-state index contributed by atoms with van der Waals surface area (Å²) in [6.45, 7) is 4.88. The van der Waals surface area contributed by atoms with E-state index in [4.69, 9.17) is 14.2 Å². The quantitative estimate of drug-likeness (QED) is 0.495. The van der Waals surface area contributed by atoms with Crippen LogP contribution in [0.15, 0.2) is 41.4 Å². The maximum atomic E-state index is 13.9. The highest BCUT2D eigenvalue weighted by Crippen LogP contribution is 2.30. The fourth-order valence-electron chi connectivity index (χ4n) is 3.58. The lowest BCUT2D eigenvalue weighted by atomic mass is 10.2. The van der Waals surface area contributed by atoms with Gasteiger partial charge in [0.1, 0.15) is 11.5 Å². The SMILES string of the molecule is CCNC(=NCc1ccc(OC)c(F)c1)NC1CCN(c2cc(OC)cc(OC)c2)C1. The molecule has 2 N–H and O–H groups in total. The van der Waals surface area contributed by atoms with Crippen molar-refractivity contribution in [3.63, 3.8) is 0 Å². The van der Waals surface area contributed by atoms with Crippen LogP contribution in [0.1, 0.15) is 18.9 Å². The summed E-state index contributed by atoms with van der Waals surface area (Å²) in [5.41, 5.74) is 1.85. The summed E-state index contributed by atoms with van der Waals surface area (Å²) in [7, 11) is 4.76. The number of hydrogen-bond acceptors (Lipinski definition) is 5. The first-order chi connectivity index (χ1) is 15.1. The van der Waals surface area contributed by atoms with Crippen LogP contribution in [0.4, 0.5) is 10.1 Å². The summed E-state index contributed by atoms with van der Waals surface area (Å²) in [6, 6.07) is 11.0. The summed E-state index contributed by atoms with van der Waals surface area (Å²) in [5.74, 6) is 2.11. The Labute approximate surface area is 183 Å². The van der Waals surface area contributed by atoms with Gasteiger partial charge in [0.15, 0.2) is 17.5 Å². The smallest absolute Gasteiger partial charge is 0.191 e. The maximum absolute atomic E-state index is 13.9. The number of ether oxygens (including phenoxy) is 3. The van der Waals surface area contributed by atoms with E-state index < -0.39 is 0 Å². The summed E-state index contributed by atoms with van der Waals surface area (Å²) in [6.07, 6.45) is 0.973. The minimum Gasteiger partial charge on any atom is -0.497 e. The number of guanidine groups is 1. The molecule has 0 aromatic heterocycles. The number of halogens is 1. The Kier molecular flexibility index (Phi) is 7.81. The molecule has 7 nitrogen and oxygen atoms in total. The summed E-state index contributed by atoms with van der Waals surface area (Å²) >= 11 is 0. The summed E-state index contributed by atoms with van der Waals surface area (Å²) in [4.78, 5) is 6.92. The lowest BCUT2D eigenvalue weighted by molar-refractivity contribution is 0.386. The number of anilines is 1. The number of aliphatic imine (C=N–C) groups is 1. The van der Waals surface area contributed by atoms with E-state index in [1.807, 2.05) is 31.2 Å². The molecule has 0 saturated carbocycles. The predicted octanol–water partition coefficient (Wildman–Crippen LogP) is 3.19. The molecule has 8 heteroatoms. The number of benzene rings is 2. The van der Waals surface area contributed by atoms with Crippen molar-refractivity contribution in [3.8, 4) is 17.2 Å². The lowest BCUT2D eigenvalue weighted by Gasteiger charge is -2.21. The summed E-state index contributed by atoms with van der Waals surface area (Å²) in [5, 5.41) is 6.77. The van der Waals surface area contributed by atoms with Crippen molar-refractivity contribution < 1.29 is 18.6 Å². The zero-order valence-electron chi connectivity index (χ0n) is 18.6. The van der Waals surface area contributed by atoms with Crippen LogP contribution in [-0.4, -0.2) is 53.0 Å². The van der Waals surface area contributed by atoms with Crippen molar-refractivity contribution in [1.29, 1.82) is 0 Å². The number of nitrogens with one attached hydrogen (secondary N) is 2. The lowest BCUT2D eigenvalue weighted by Crippen LogP contribution is -2.44. The minimum absolute atomic E-state index is 0.234. The van der Waals surface area contributed by atoms with Crippen LogP contribution in [0.2, 0.25) is 0 Å². The molecule has 2 aromatic rings. The van der Waals surface area contributed by atoms with E-state index in [0.717, 1.165) is 48.8 Å². The zero-order chi connectivity index (χ0) is 22.2. The molecule has 0 spiro atoms. The van der Waals surface area contributed by atoms with Gasteiger partial charge in [-0.1, -0.05) is 6.07 Å². The first kappa shape index (κ1) is 22.5. The van der Waals surface area contributed by atoms with Crippen LogP contribution in [-0.2, 0) is 6.54 Å². The first-order valence-corrected chi connectivity index (χ1v) is 10.4. The van der Waals surface area contributed by atoms with Gasteiger partial charge in [-0.25, -0.2) is 9.38 Å². The van der Waals surface area contributed by atoms with Crippen LogP contribution in [0.25, 0.3) is 0 Å². The Morgan fingerprint density at radius 2 is 1.84 bits per heavy atom. The Bertz CT molecular complexity index is 884. The molecule has 0 radical (unpaired) electrons. The number of hydrogen-bond donors (Lipinski definition) is 2. The van der Waals surface area contributed by atoms with Crippen molar-refractivity contribution in [2.75, 3.05) is 45.9 Å². The highest BCUT2D eigenvalue weighted by atomic mass is 19.1. The molecule has 0 amide bonds. The van der Waals surface area contributed by atoms with Gasteiger partial charge in [0.25, 0.3) is 0 Å². The molecule has 1 atom stereocenters. The fraction of sp³-hybridized carbons (Fsp3) is 0.435. The third-order valence-corrected chi connectivity index (χ3v) is 5.21.